The van der Waals surface area contributed by atoms with E-state index in [2.05, 4.69) is 10.3 Å². The number of carbonyl (C=O) groups excluding carboxylic acids is 1. The van der Waals surface area contributed by atoms with Crippen molar-refractivity contribution in [3.8, 4) is 0 Å². The van der Waals surface area contributed by atoms with Crippen LogP contribution in [0, 0.1) is 10.1 Å². The van der Waals surface area contributed by atoms with Gasteiger partial charge in [-0.2, -0.15) is 0 Å². The molecule has 0 bridgehead atoms. The lowest BCUT2D eigenvalue weighted by molar-refractivity contribution is -0.387. The summed E-state index contributed by atoms with van der Waals surface area (Å²) in [4.78, 5) is 28.0. The second-order valence-corrected chi connectivity index (χ2v) is 6.40. The first-order valence-electron chi connectivity index (χ1n) is 6.67. The van der Waals surface area contributed by atoms with Gasteiger partial charge < -0.3 is 10.1 Å². The number of thioether (sulfide) groups is 2. The second kappa shape index (κ2) is 6.25. The predicted molar refractivity (Wildman–Crippen MR) is 89.7 cm³/mol. The number of benzene rings is 1. The average Bonchev–Trinajstić information content (AvgIpc) is 2.94. The van der Waals surface area contributed by atoms with Crippen LogP contribution in [-0.4, -0.2) is 35.2 Å². The number of ether oxygens (including phenoxy) is 1. The smallest absolute Gasteiger partial charge is 0.338 e. The van der Waals surface area contributed by atoms with Crippen LogP contribution in [0.4, 0.5) is 5.69 Å². The lowest BCUT2D eigenvalue weighted by Crippen LogP contribution is -2.28. The molecule has 1 atom stereocenters. The fourth-order valence-corrected chi connectivity index (χ4v) is 3.80. The molecule has 2 aliphatic rings. The minimum atomic E-state index is -0.592. The van der Waals surface area contributed by atoms with Gasteiger partial charge in [-0.05, 0) is 12.5 Å². The summed E-state index contributed by atoms with van der Waals surface area (Å²) in [7, 11) is 0. The summed E-state index contributed by atoms with van der Waals surface area (Å²) in [6.45, 7) is 0.174. The maximum Gasteiger partial charge on any atom is 0.338 e. The number of amidine groups is 1. The largest absolute Gasteiger partial charge is 0.456 e. The van der Waals surface area contributed by atoms with Gasteiger partial charge in [-0.1, -0.05) is 23.9 Å². The number of carbonyl (C=O) groups is 1. The van der Waals surface area contributed by atoms with Crippen LogP contribution in [0.5, 0.6) is 0 Å². The first-order chi connectivity index (χ1) is 11.1. The third-order valence-electron chi connectivity index (χ3n) is 3.58. The molecule has 9 heteroatoms. The summed E-state index contributed by atoms with van der Waals surface area (Å²) in [5.74, 6) is -0.431. The summed E-state index contributed by atoms with van der Waals surface area (Å²) >= 11 is 2.69. The molecule has 2 heterocycles. The van der Waals surface area contributed by atoms with Crippen LogP contribution in [0.25, 0.3) is 0 Å². The molecule has 1 N–H and O–H groups in total. The molecule has 23 heavy (non-hydrogen) atoms. The SMILES string of the molecule is CSC1=NC(c2cccc([N+](=O)[O-])c2SC)C2=C(COC2=O)N1. The number of nitrogens with one attached hydrogen (secondary N) is 1. The van der Waals surface area contributed by atoms with Crippen LogP contribution >= 0.6 is 23.5 Å². The normalized spacial score (nSPS) is 19.8. The summed E-state index contributed by atoms with van der Waals surface area (Å²) in [5, 5.41) is 15.0. The third-order valence-corrected chi connectivity index (χ3v) is 5.03. The molecule has 0 saturated heterocycles. The van der Waals surface area contributed by atoms with Crippen molar-refractivity contribution in [1.82, 2.24) is 5.32 Å². The molecular formula is C14H13N3O4S2. The van der Waals surface area contributed by atoms with E-state index in [1.165, 1.54) is 29.6 Å². The number of cyclic esters (lactones) is 1. The lowest BCUT2D eigenvalue weighted by atomic mass is 9.97. The first kappa shape index (κ1) is 15.9. The van der Waals surface area contributed by atoms with Gasteiger partial charge in [0.15, 0.2) is 5.17 Å². The van der Waals surface area contributed by atoms with Crippen LogP contribution in [0.1, 0.15) is 11.6 Å². The van der Waals surface area contributed by atoms with Gasteiger partial charge in [-0.25, -0.2) is 9.79 Å². The van der Waals surface area contributed by atoms with Gasteiger partial charge in [0.1, 0.15) is 12.6 Å². The molecule has 0 fully saturated rings. The van der Waals surface area contributed by atoms with Gasteiger partial charge in [0.2, 0.25) is 0 Å². The number of nitro groups is 1. The topological polar surface area (TPSA) is 93.8 Å². The van der Waals surface area contributed by atoms with Crippen molar-refractivity contribution in [1.29, 1.82) is 0 Å². The van der Waals surface area contributed by atoms with E-state index >= 15 is 0 Å². The van der Waals surface area contributed by atoms with Crippen molar-refractivity contribution < 1.29 is 14.5 Å². The molecule has 0 radical (unpaired) electrons. The highest BCUT2D eigenvalue weighted by Gasteiger charge is 2.38. The van der Waals surface area contributed by atoms with E-state index in [-0.39, 0.29) is 12.3 Å². The van der Waals surface area contributed by atoms with Crippen LogP contribution in [0.15, 0.2) is 39.4 Å². The Balaban J connectivity index is 2.17. The maximum absolute atomic E-state index is 12.1. The standard InChI is InChI=1S/C14H13N3O4S2/c1-22-12-7(4-3-5-9(12)17(19)20)11-10-8(6-21-13(10)18)15-14(16-11)23-2/h3-5,11H,6H2,1-2H3,(H,15,16). The third kappa shape index (κ3) is 2.70. The number of hydrogen-bond donors (Lipinski definition) is 1. The number of nitrogens with zero attached hydrogens (tertiary/aromatic N) is 2. The van der Waals surface area contributed by atoms with E-state index in [1.54, 1.807) is 18.4 Å². The van der Waals surface area contributed by atoms with Gasteiger partial charge in [-0.3, -0.25) is 10.1 Å². The molecule has 0 spiro atoms. The number of esters is 1. The van der Waals surface area contributed by atoms with Crippen molar-refractivity contribution in [2.45, 2.75) is 10.9 Å². The van der Waals surface area contributed by atoms with Crippen molar-refractivity contribution in [2.24, 2.45) is 4.99 Å². The summed E-state index contributed by atoms with van der Waals surface area (Å²) < 4.78 is 5.10. The molecule has 1 unspecified atom stereocenters. The Hall–Kier alpha value is -2.00. The number of nitro benzene ring substituents is 1. The van der Waals surface area contributed by atoms with Crippen LogP contribution in [0.3, 0.4) is 0 Å². The van der Waals surface area contributed by atoms with Crippen LogP contribution in [-0.2, 0) is 9.53 Å². The summed E-state index contributed by atoms with van der Waals surface area (Å²) in [6.07, 6.45) is 3.64. The van der Waals surface area contributed by atoms with Gasteiger partial charge >= 0.3 is 5.97 Å². The van der Waals surface area contributed by atoms with Crippen molar-refractivity contribution in [2.75, 3.05) is 19.1 Å². The van der Waals surface area contributed by atoms with E-state index in [0.29, 0.717) is 26.9 Å². The Labute approximate surface area is 140 Å². The fourth-order valence-electron chi connectivity index (χ4n) is 2.59. The van der Waals surface area contributed by atoms with Crippen molar-refractivity contribution >= 4 is 40.3 Å². The molecule has 0 aliphatic carbocycles. The molecular weight excluding hydrogens is 338 g/mol. The monoisotopic (exact) mass is 351 g/mol. The second-order valence-electron chi connectivity index (χ2n) is 4.79. The quantitative estimate of drug-likeness (QED) is 0.387. The minimum absolute atomic E-state index is 0.0166. The van der Waals surface area contributed by atoms with Gasteiger partial charge in [0, 0.05) is 11.6 Å². The van der Waals surface area contributed by atoms with E-state index in [9.17, 15) is 14.9 Å². The average molecular weight is 351 g/mol. The van der Waals surface area contributed by atoms with E-state index in [0.717, 1.165) is 0 Å². The van der Waals surface area contributed by atoms with E-state index in [1.807, 2.05) is 6.26 Å². The predicted octanol–water partition coefficient (Wildman–Crippen LogP) is 2.49. The number of rotatable bonds is 3. The van der Waals surface area contributed by atoms with Gasteiger partial charge in [0.05, 0.1) is 21.1 Å². The Morgan fingerprint density at radius 2 is 2.17 bits per heavy atom. The Kier molecular flexibility index (Phi) is 4.31. The number of hydrogen-bond acceptors (Lipinski definition) is 8. The molecule has 1 aromatic carbocycles. The Morgan fingerprint density at radius 1 is 1.39 bits per heavy atom. The minimum Gasteiger partial charge on any atom is -0.456 e. The Morgan fingerprint density at radius 3 is 2.83 bits per heavy atom. The highest BCUT2D eigenvalue weighted by atomic mass is 32.2. The molecule has 1 aromatic rings. The maximum atomic E-state index is 12.1. The highest BCUT2D eigenvalue weighted by molar-refractivity contribution is 8.13. The Bertz CT molecular complexity index is 760. The molecule has 120 valence electrons. The van der Waals surface area contributed by atoms with Gasteiger partial charge in [-0.15, -0.1) is 11.8 Å². The summed E-state index contributed by atoms with van der Waals surface area (Å²) in [6, 6.07) is 4.25. The zero-order chi connectivity index (χ0) is 16.6. The molecule has 3 rings (SSSR count). The van der Waals surface area contributed by atoms with Gasteiger partial charge in [0.25, 0.3) is 5.69 Å². The summed E-state index contributed by atoms with van der Waals surface area (Å²) in [5.41, 5.74) is 1.77. The molecule has 2 aliphatic heterocycles. The van der Waals surface area contributed by atoms with Crippen LogP contribution in [0.2, 0.25) is 0 Å². The van der Waals surface area contributed by atoms with Crippen LogP contribution < -0.4 is 5.32 Å². The number of aliphatic imine (C=N–C) groups is 1. The van der Waals surface area contributed by atoms with Crippen molar-refractivity contribution in [3.63, 3.8) is 0 Å². The fraction of sp³-hybridized carbons (Fsp3) is 0.286. The van der Waals surface area contributed by atoms with E-state index in [4.69, 9.17) is 4.74 Å². The zero-order valence-electron chi connectivity index (χ0n) is 12.4. The highest BCUT2D eigenvalue weighted by Crippen LogP contribution is 2.42. The first-order valence-corrected chi connectivity index (χ1v) is 9.12. The van der Waals surface area contributed by atoms with Crippen molar-refractivity contribution in [3.05, 3.63) is 45.1 Å². The molecule has 0 amide bonds. The molecule has 0 aromatic heterocycles. The van der Waals surface area contributed by atoms with E-state index < -0.39 is 16.9 Å². The zero-order valence-corrected chi connectivity index (χ0v) is 14.0. The lowest BCUT2D eigenvalue weighted by Gasteiger charge is -2.22. The molecule has 7 nitrogen and oxygen atoms in total. The molecule has 0 saturated carbocycles.